The molecule has 1 N–H and O–H groups in total. The summed E-state index contributed by atoms with van der Waals surface area (Å²) >= 11 is 0. The quantitative estimate of drug-likeness (QED) is 0.811. The molecule has 2 aliphatic rings. The van der Waals surface area contributed by atoms with Crippen LogP contribution in [0.15, 0.2) is 18.2 Å². The highest BCUT2D eigenvalue weighted by atomic mass is 16.5. The molecule has 3 rings (SSSR count). The van der Waals surface area contributed by atoms with Crippen molar-refractivity contribution < 1.29 is 14.3 Å². The number of likely N-dealkylation sites (tertiary alicyclic amines) is 1. The van der Waals surface area contributed by atoms with Crippen molar-refractivity contribution in [2.75, 3.05) is 25.0 Å². The van der Waals surface area contributed by atoms with E-state index in [1.54, 1.807) is 18.2 Å². The maximum atomic E-state index is 12.3. The van der Waals surface area contributed by atoms with Gasteiger partial charge in [-0.25, -0.2) is 0 Å². The van der Waals surface area contributed by atoms with E-state index in [4.69, 9.17) is 4.74 Å². The van der Waals surface area contributed by atoms with E-state index in [0.29, 0.717) is 17.0 Å². The Morgan fingerprint density at radius 3 is 2.83 bits per heavy atom. The molecule has 94 valence electrons. The number of anilines is 1. The summed E-state index contributed by atoms with van der Waals surface area (Å²) in [4.78, 5) is 25.5. The van der Waals surface area contributed by atoms with Gasteiger partial charge in [0.25, 0.3) is 11.8 Å². The van der Waals surface area contributed by atoms with Gasteiger partial charge in [-0.3, -0.25) is 9.59 Å². The van der Waals surface area contributed by atoms with Crippen molar-refractivity contribution in [3.63, 3.8) is 0 Å². The van der Waals surface area contributed by atoms with E-state index >= 15 is 0 Å². The zero-order valence-electron chi connectivity index (χ0n) is 9.94. The molecule has 2 aliphatic heterocycles. The largest absolute Gasteiger partial charge is 0.482 e. The molecule has 0 radical (unpaired) electrons. The molecular formula is C13H14N2O3. The number of benzene rings is 1. The van der Waals surface area contributed by atoms with E-state index in [-0.39, 0.29) is 18.4 Å². The first-order valence-electron chi connectivity index (χ1n) is 6.10. The average Bonchev–Trinajstić information content (AvgIpc) is 2.91. The van der Waals surface area contributed by atoms with Crippen molar-refractivity contribution in [1.29, 1.82) is 0 Å². The molecule has 0 saturated carbocycles. The molecular weight excluding hydrogens is 232 g/mol. The third-order valence-electron chi connectivity index (χ3n) is 3.27. The maximum absolute atomic E-state index is 12.3. The van der Waals surface area contributed by atoms with E-state index in [2.05, 4.69) is 5.32 Å². The van der Waals surface area contributed by atoms with Crippen molar-refractivity contribution in [1.82, 2.24) is 4.90 Å². The number of nitrogens with one attached hydrogen (secondary N) is 1. The molecule has 0 unspecified atom stereocenters. The van der Waals surface area contributed by atoms with E-state index in [9.17, 15) is 9.59 Å². The van der Waals surface area contributed by atoms with Crippen LogP contribution in [-0.2, 0) is 4.79 Å². The second-order valence-corrected chi connectivity index (χ2v) is 4.51. The fraction of sp³-hybridized carbons (Fsp3) is 0.385. The lowest BCUT2D eigenvalue weighted by Gasteiger charge is -2.22. The van der Waals surface area contributed by atoms with Gasteiger partial charge in [0, 0.05) is 13.1 Å². The number of fused-ring (bicyclic) bond motifs is 1. The molecule has 1 fully saturated rings. The number of ether oxygens (including phenoxy) is 1. The Bertz CT molecular complexity index is 507. The fourth-order valence-electron chi connectivity index (χ4n) is 2.37. The Kier molecular flexibility index (Phi) is 2.66. The lowest BCUT2D eigenvalue weighted by atomic mass is 10.1. The molecule has 0 atom stereocenters. The first kappa shape index (κ1) is 11.1. The number of rotatable bonds is 1. The summed E-state index contributed by atoms with van der Waals surface area (Å²) in [5.74, 6) is 0.318. The maximum Gasteiger partial charge on any atom is 0.262 e. The second kappa shape index (κ2) is 4.33. The number of hydrogen-bond donors (Lipinski definition) is 1. The van der Waals surface area contributed by atoms with Crippen molar-refractivity contribution in [2.24, 2.45) is 0 Å². The topological polar surface area (TPSA) is 58.6 Å². The van der Waals surface area contributed by atoms with E-state index < -0.39 is 0 Å². The normalized spacial score (nSPS) is 18.0. The van der Waals surface area contributed by atoms with Crippen LogP contribution in [0.25, 0.3) is 0 Å². The zero-order chi connectivity index (χ0) is 12.5. The van der Waals surface area contributed by atoms with Crippen LogP contribution in [0.2, 0.25) is 0 Å². The van der Waals surface area contributed by atoms with Gasteiger partial charge in [-0.2, -0.15) is 0 Å². The van der Waals surface area contributed by atoms with Gasteiger partial charge in [0.15, 0.2) is 6.61 Å². The number of carbonyl (C=O) groups excluding carboxylic acids is 2. The van der Waals surface area contributed by atoms with Crippen LogP contribution in [0.1, 0.15) is 23.2 Å². The van der Waals surface area contributed by atoms with Crippen LogP contribution in [0.5, 0.6) is 5.75 Å². The van der Waals surface area contributed by atoms with Crippen molar-refractivity contribution in [3.8, 4) is 5.75 Å². The van der Waals surface area contributed by atoms with Gasteiger partial charge in [-0.15, -0.1) is 0 Å². The molecule has 1 aromatic carbocycles. The molecule has 0 bridgehead atoms. The molecule has 0 aromatic heterocycles. The standard InChI is InChI=1S/C13H14N2O3/c16-11-8-18-10-5-3-4-9(12(10)14-11)13(17)15-6-1-2-7-15/h3-5H,1-2,6-8H2,(H,14,16). The molecule has 1 aromatic rings. The van der Waals surface area contributed by atoms with Crippen LogP contribution < -0.4 is 10.1 Å². The molecule has 5 nitrogen and oxygen atoms in total. The van der Waals surface area contributed by atoms with Crippen molar-refractivity contribution >= 4 is 17.5 Å². The first-order valence-corrected chi connectivity index (χ1v) is 6.10. The predicted octanol–water partition coefficient (Wildman–Crippen LogP) is 1.25. The lowest BCUT2D eigenvalue weighted by Crippen LogP contribution is -2.31. The highest BCUT2D eigenvalue weighted by Gasteiger charge is 2.26. The number of para-hydroxylation sites is 1. The van der Waals surface area contributed by atoms with E-state index in [1.807, 2.05) is 4.90 Å². The second-order valence-electron chi connectivity index (χ2n) is 4.51. The first-order chi connectivity index (χ1) is 8.75. The summed E-state index contributed by atoms with van der Waals surface area (Å²) in [6, 6.07) is 5.27. The predicted molar refractivity (Wildman–Crippen MR) is 65.7 cm³/mol. The third kappa shape index (κ3) is 1.81. The zero-order valence-corrected chi connectivity index (χ0v) is 9.94. The number of nitrogens with zero attached hydrogens (tertiary/aromatic N) is 1. The van der Waals surface area contributed by atoms with E-state index in [1.165, 1.54) is 0 Å². The monoisotopic (exact) mass is 246 g/mol. The van der Waals surface area contributed by atoms with Gasteiger partial charge in [0.1, 0.15) is 5.75 Å². The highest BCUT2D eigenvalue weighted by Crippen LogP contribution is 2.32. The van der Waals surface area contributed by atoms with Gasteiger partial charge in [0.05, 0.1) is 11.3 Å². The Labute approximate surface area is 105 Å². The average molecular weight is 246 g/mol. The summed E-state index contributed by atoms with van der Waals surface area (Å²) in [6.45, 7) is 1.59. The minimum Gasteiger partial charge on any atom is -0.482 e. The molecule has 2 heterocycles. The van der Waals surface area contributed by atoms with Gasteiger partial charge in [0.2, 0.25) is 0 Å². The number of carbonyl (C=O) groups is 2. The summed E-state index contributed by atoms with van der Waals surface area (Å²) in [7, 11) is 0. The minimum atomic E-state index is -0.218. The van der Waals surface area contributed by atoms with Crippen LogP contribution in [0.4, 0.5) is 5.69 Å². The molecule has 0 spiro atoms. The van der Waals surface area contributed by atoms with Crippen LogP contribution in [-0.4, -0.2) is 36.4 Å². The number of amides is 2. The Morgan fingerprint density at radius 1 is 1.28 bits per heavy atom. The Balaban J connectivity index is 1.96. The molecule has 18 heavy (non-hydrogen) atoms. The summed E-state index contributed by atoms with van der Waals surface area (Å²) < 4.78 is 5.31. The molecule has 5 heteroatoms. The van der Waals surface area contributed by atoms with Crippen molar-refractivity contribution in [2.45, 2.75) is 12.8 Å². The third-order valence-corrected chi connectivity index (χ3v) is 3.27. The smallest absolute Gasteiger partial charge is 0.262 e. The van der Waals surface area contributed by atoms with Gasteiger partial charge < -0.3 is 15.0 Å². The van der Waals surface area contributed by atoms with Gasteiger partial charge >= 0.3 is 0 Å². The molecule has 1 saturated heterocycles. The summed E-state index contributed by atoms with van der Waals surface area (Å²) in [5, 5.41) is 2.72. The van der Waals surface area contributed by atoms with Crippen molar-refractivity contribution in [3.05, 3.63) is 23.8 Å². The van der Waals surface area contributed by atoms with Crippen LogP contribution in [0, 0.1) is 0 Å². The molecule has 2 amide bonds. The van der Waals surface area contributed by atoms with Gasteiger partial charge in [-0.05, 0) is 25.0 Å². The van der Waals surface area contributed by atoms with Crippen LogP contribution >= 0.6 is 0 Å². The minimum absolute atomic E-state index is 0.00829. The molecule has 0 aliphatic carbocycles. The summed E-state index contributed by atoms with van der Waals surface area (Å²) in [6.07, 6.45) is 2.09. The van der Waals surface area contributed by atoms with E-state index in [0.717, 1.165) is 25.9 Å². The Hall–Kier alpha value is -2.04. The Morgan fingerprint density at radius 2 is 2.06 bits per heavy atom. The summed E-state index contributed by atoms with van der Waals surface area (Å²) in [5.41, 5.74) is 1.02. The van der Waals surface area contributed by atoms with Gasteiger partial charge in [-0.1, -0.05) is 6.07 Å². The fourth-order valence-corrected chi connectivity index (χ4v) is 2.37. The lowest BCUT2D eigenvalue weighted by molar-refractivity contribution is -0.118. The number of hydrogen-bond acceptors (Lipinski definition) is 3. The SMILES string of the molecule is O=C1COc2cccc(C(=O)N3CCCC3)c2N1. The highest BCUT2D eigenvalue weighted by molar-refractivity contribution is 6.06. The van der Waals surface area contributed by atoms with Crippen LogP contribution in [0.3, 0.4) is 0 Å².